The Balaban J connectivity index is 1.53. The van der Waals surface area contributed by atoms with Crippen LogP contribution in [0.2, 0.25) is 0 Å². The number of nitrogens with one attached hydrogen (secondary N) is 1. The Morgan fingerprint density at radius 2 is 1.77 bits per heavy atom. The van der Waals surface area contributed by atoms with Crippen LogP contribution in [0.1, 0.15) is 35.3 Å². The maximum Gasteiger partial charge on any atom is 0.251 e. The number of hydrogen-bond donors (Lipinski definition) is 1. The van der Waals surface area contributed by atoms with Crippen LogP contribution >= 0.6 is 11.8 Å². The van der Waals surface area contributed by atoms with Gasteiger partial charge in [0.25, 0.3) is 5.91 Å². The lowest BCUT2D eigenvalue weighted by Crippen LogP contribution is -2.29. The van der Waals surface area contributed by atoms with Crippen LogP contribution in [0.3, 0.4) is 0 Å². The Morgan fingerprint density at radius 1 is 1.06 bits per heavy atom. The molecule has 0 saturated heterocycles. The molecule has 0 unspecified atom stereocenters. The number of imidazole rings is 1. The maximum absolute atomic E-state index is 13.3. The summed E-state index contributed by atoms with van der Waals surface area (Å²) in [4.78, 5) is 21.4. The van der Waals surface area contributed by atoms with Crippen molar-refractivity contribution in [3.63, 3.8) is 0 Å². The molecule has 0 bridgehead atoms. The molecular weight excluding hydrogens is 411 g/mol. The third kappa shape index (κ3) is 5.11. The summed E-state index contributed by atoms with van der Waals surface area (Å²) in [7, 11) is 0. The highest BCUT2D eigenvalue weighted by molar-refractivity contribution is 7.98. The van der Waals surface area contributed by atoms with Gasteiger partial charge in [0.05, 0.1) is 6.54 Å². The minimum Gasteiger partial charge on any atom is -0.350 e. The fourth-order valence-corrected chi connectivity index (χ4v) is 4.17. The summed E-state index contributed by atoms with van der Waals surface area (Å²) in [5.74, 6) is 0.387. The molecule has 1 N–H and O–H groups in total. The van der Waals surface area contributed by atoms with Crippen LogP contribution in [-0.2, 0) is 12.3 Å². The van der Waals surface area contributed by atoms with Crippen LogP contribution in [0, 0.1) is 5.82 Å². The second kappa shape index (κ2) is 9.31. The molecule has 0 saturated carbocycles. The lowest BCUT2D eigenvalue weighted by atomic mass is 10.1. The smallest absolute Gasteiger partial charge is 0.251 e. The minimum absolute atomic E-state index is 0.0682. The normalized spacial score (nSPS) is 11.2. The van der Waals surface area contributed by atoms with Crippen molar-refractivity contribution in [3.05, 3.63) is 89.4 Å². The molecule has 4 rings (SSSR count). The highest BCUT2D eigenvalue weighted by Gasteiger charge is 2.13. The van der Waals surface area contributed by atoms with Crippen LogP contribution in [-0.4, -0.2) is 26.5 Å². The topological polar surface area (TPSA) is 59.8 Å². The predicted molar refractivity (Wildman–Crippen MR) is 122 cm³/mol. The van der Waals surface area contributed by atoms with E-state index in [9.17, 15) is 9.18 Å². The fraction of sp³-hybridized carbons (Fsp3) is 0.208. The van der Waals surface area contributed by atoms with Gasteiger partial charge in [-0.05, 0) is 61.4 Å². The van der Waals surface area contributed by atoms with Gasteiger partial charge in [-0.1, -0.05) is 36.0 Å². The third-order valence-corrected chi connectivity index (χ3v) is 5.77. The summed E-state index contributed by atoms with van der Waals surface area (Å²) < 4.78 is 15.3. The van der Waals surface area contributed by atoms with Gasteiger partial charge < -0.3 is 5.32 Å². The molecule has 4 aromatic rings. The molecule has 31 heavy (non-hydrogen) atoms. The summed E-state index contributed by atoms with van der Waals surface area (Å²) in [5.41, 5.74) is 4.35. The molecule has 2 heterocycles. The minimum atomic E-state index is -0.252. The standard InChI is InChI=1S/C24H23FN4OS/c1-16(2)27-23(30)19-9-5-18(6-10-19)15-31-24-28-21-4-3-13-26-22(21)29(24)14-17-7-11-20(25)12-8-17/h3-13,16H,14-15H2,1-2H3,(H,27,30). The first-order chi connectivity index (χ1) is 15.0. The van der Waals surface area contributed by atoms with Gasteiger partial charge in [-0.3, -0.25) is 9.36 Å². The van der Waals surface area contributed by atoms with E-state index in [0.717, 1.165) is 27.4 Å². The Labute approximate surface area is 184 Å². The molecule has 0 radical (unpaired) electrons. The molecule has 2 aromatic carbocycles. The second-order valence-corrected chi connectivity index (χ2v) is 8.51. The van der Waals surface area contributed by atoms with Gasteiger partial charge in [-0.25, -0.2) is 14.4 Å². The number of aromatic nitrogens is 3. The number of fused-ring (bicyclic) bond motifs is 1. The van der Waals surface area contributed by atoms with Crippen molar-refractivity contribution in [1.82, 2.24) is 19.9 Å². The molecule has 0 aliphatic rings. The summed E-state index contributed by atoms with van der Waals surface area (Å²) in [5, 5.41) is 3.74. The number of carbonyl (C=O) groups is 1. The second-order valence-electron chi connectivity index (χ2n) is 7.57. The molecule has 2 aromatic heterocycles. The fourth-order valence-electron chi connectivity index (χ4n) is 3.21. The number of amides is 1. The number of rotatable bonds is 7. The molecule has 158 valence electrons. The number of carbonyl (C=O) groups excluding carboxylic acids is 1. The highest BCUT2D eigenvalue weighted by Crippen LogP contribution is 2.27. The molecule has 1 amide bonds. The summed E-state index contributed by atoms with van der Waals surface area (Å²) in [6.07, 6.45) is 1.75. The number of thioether (sulfide) groups is 1. The van der Waals surface area contributed by atoms with E-state index in [0.29, 0.717) is 17.9 Å². The quantitative estimate of drug-likeness (QED) is 0.414. The monoisotopic (exact) mass is 434 g/mol. The summed E-state index contributed by atoms with van der Waals surface area (Å²) >= 11 is 1.61. The predicted octanol–water partition coefficient (Wildman–Crippen LogP) is 5.05. The van der Waals surface area contributed by atoms with Crippen LogP contribution in [0.5, 0.6) is 0 Å². The summed E-state index contributed by atoms with van der Waals surface area (Å²) in [6, 6.07) is 18.0. The van der Waals surface area contributed by atoms with Crippen molar-refractivity contribution in [3.8, 4) is 0 Å². The van der Waals surface area contributed by atoms with E-state index < -0.39 is 0 Å². The Hall–Kier alpha value is -3.19. The summed E-state index contributed by atoms with van der Waals surface area (Å²) in [6.45, 7) is 4.44. The molecule has 7 heteroatoms. The average Bonchev–Trinajstić information content (AvgIpc) is 3.11. The first-order valence-electron chi connectivity index (χ1n) is 10.1. The van der Waals surface area contributed by atoms with Gasteiger partial charge in [0.2, 0.25) is 0 Å². The molecule has 0 fully saturated rings. The van der Waals surface area contributed by atoms with E-state index in [1.807, 2.05) is 50.2 Å². The largest absolute Gasteiger partial charge is 0.350 e. The number of benzene rings is 2. The Kier molecular flexibility index (Phi) is 6.32. The number of nitrogens with zero attached hydrogens (tertiary/aromatic N) is 3. The van der Waals surface area contributed by atoms with Crippen molar-refractivity contribution in [2.24, 2.45) is 0 Å². The SMILES string of the molecule is CC(C)NC(=O)c1ccc(CSc2nc3cccnc3n2Cc2ccc(F)cc2)cc1. The van der Waals surface area contributed by atoms with Crippen LogP contribution in [0.15, 0.2) is 72.0 Å². The van der Waals surface area contributed by atoms with E-state index in [-0.39, 0.29) is 17.8 Å². The van der Waals surface area contributed by atoms with Crippen molar-refractivity contribution < 1.29 is 9.18 Å². The van der Waals surface area contributed by atoms with E-state index in [1.165, 1.54) is 12.1 Å². The van der Waals surface area contributed by atoms with Crippen molar-refractivity contribution in [2.75, 3.05) is 0 Å². The van der Waals surface area contributed by atoms with Gasteiger partial charge in [-0.15, -0.1) is 0 Å². The highest BCUT2D eigenvalue weighted by atomic mass is 32.2. The maximum atomic E-state index is 13.3. The average molecular weight is 435 g/mol. The third-order valence-electron chi connectivity index (χ3n) is 4.73. The molecular formula is C24H23FN4OS. The first-order valence-corrected chi connectivity index (χ1v) is 11.1. The number of pyridine rings is 1. The van der Waals surface area contributed by atoms with E-state index in [2.05, 4.69) is 14.9 Å². The molecule has 0 aliphatic heterocycles. The van der Waals surface area contributed by atoms with E-state index in [1.54, 1.807) is 30.1 Å². The lowest BCUT2D eigenvalue weighted by molar-refractivity contribution is 0.0943. The Morgan fingerprint density at radius 3 is 2.48 bits per heavy atom. The van der Waals surface area contributed by atoms with E-state index in [4.69, 9.17) is 4.98 Å². The zero-order valence-electron chi connectivity index (χ0n) is 17.4. The van der Waals surface area contributed by atoms with Crippen molar-refractivity contribution >= 4 is 28.8 Å². The van der Waals surface area contributed by atoms with Crippen LogP contribution in [0.25, 0.3) is 11.2 Å². The van der Waals surface area contributed by atoms with Crippen LogP contribution in [0.4, 0.5) is 4.39 Å². The van der Waals surface area contributed by atoms with Gasteiger partial charge >= 0.3 is 0 Å². The van der Waals surface area contributed by atoms with Crippen molar-refractivity contribution in [1.29, 1.82) is 0 Å². The van der Waals surface area contributed by atoms with Gasteiger partial charge in [0, 0.05) is 23.6 Å². The van der Waals surface area contributed by atoms with E-state index >= 15 is 0 Å². The molecule has 5 nitrogen and oxygen atoms in total. The van der Waals surface area contributed by atoms with Crippen molar-refractivity contribution in [2.45, 2.75) is 37.3 Å². The number of hydrogen-bond acceptors (Lipinski definition) is 4. The molecule has 0 spiro atoms. The lowest BCUT2D eigenvalue weighted by Gasteiger charge is -2.10. The zero-order valence-corrected chi connectivity index (χ0v) is 18.2. The first kappa shape index (κ1) is 21.1. The molecule has 0 aliphatic carbocycles. The van der Waals surface area contributed by atoms with Crippen LogP contribution < -0.4 is 5.32 Å². The van der Waals surface area contributed by atoms with Gasteiger partial charge in [0.1, 0.15) is 11.3 Å². The molecule has 0 atom stereocenters. The zero-order chi connectivity index (χ0) is 21.8. The Bertz CT molecular complexity index is 1190. The van der Waals surface area contributed by atoms with Gasteiger partial charge in [0.15, 0.2) is 10.8 Å². The number of halogens is 1. The van der Waals surface area contributed by atoms with Gasteiger partial charge in [-0.2, -0.15) is 0 Å².